The van der Waals surface area contributed by atoms with E-state index in [2.05, 4.69) is 5.32 Å². The molecular formula is C49H41NO12. The lowest BCUT2D eigenvalue weighted by Crippen LogP contribution is -2.29. The Morgan fingerprint density at radius 3 is 1.50 bits per heavy atom. The normalized spacial score (nSPS) is 11.7. The third-order valence-corrected chi connectivity index (χ3v) is 8.61. The minimum absolute atomic E-state index is 0.000783. The molecule has 0 saturated carbocycles. The van der Waals surface area contributed by atoms with Crippen molar-refractivity contribution in [2.24, 2.45) is 0 Å². The second-order valence-electron chi connectivity index (χ2n) is 13.2. The molecule has 2 atom stereocenters. The van der Waals surface area contributed by atoms with Crippen LogP contribution in [0.1, 0.15) is 37.4 Å². The average molecular weight is 836 g/mol. The zero-order chi connectivity index (χ0) is 42.6. The number of nitrogens with one attached hydrogen (secondary N) is 1. The highest BCUT2D eigenvalue weighted by Gasteiger charge is 2.21. The number of para-hydroxylation sites is 1. The van der Waals surface area contributed by atoms with Gasteiger partial charge in [-0.1, -0.05) is 109 Å². The maximum absolute atomic E-state index is 13.3. The average Bonchev–Trinajstić information content (AvgIpc) is 3.31. The maximum Gasteiger partial charge on any atom is 0.390 e. The summed E-state index contributed by atoms with van der Waals surface area (Å²) in [5, 5.41) is 3.12. The Balaban J connectivity index is 0.919. The molecule has 62 heavy (non-hydrogen) atoms. The first-order valence-corrected chi connectivity index (χ1v) is 19.4. The highest BCUT2D eigenvalue weighted by atomic mass is 17.3. The summed E-state index contributed by atoms with van der Waals surface area (Å²) >= 11 is 0. The molecule has 1 N–H and O–H groups in total. The molecule has 0 aromatic heterocycles. The van der Waals surface area contributed by atoms with Crippen molar-refractivity contribution in [2.45, 2.75) is 32.7 Å². The highest BCUT2D eigenvalue weighted by Crippen LogP contribution is 2.23. The van der Waals surface area contributed by atoms with Gasteiger partial charge in [0, 0.05) is 5.69 Å². The number of esters is 2. The van der Waals surface area contributed by atoms with Gasteiger partial charge in [0.15, 0.2) is 5.75 Å². The Morgan fingerprint density at radius 2 is 0.887 bits per heavy atom. The van der Waals surface area contributed by atoms with E-state index in [9.17, 15) is 9.59 Å². The molecular weight excluding hydrogens is 795 g/mol. The molecule has 0 aliphatic heterocycles. The van der Waals surface area contributed by atoms with E-state index in [0.29, 0.717) is 39.8 Å². The van der Waals surface area contributed by atoms with Crippen LogP contribution in [0.5, 0.6) is 23.0 Å². The molecule has 13 nitrogen and oxygen atoms in total. The van der Waals surface area contributed by atoms with Gasteiger partial charge in [0.1, 0.15) is 37.1 Å². The van der Waals surface area contributed by atoms with Crippen molar-refractivity contribution in [3.05, 3.63) is 222 Å². The van der Waals surface area contributed by atoms with E-state index >= 15 is 0 Å². The number of rotatable bonds is 22. The zero-order valence-electron chi connectivity index (χ0n) is 33.2. The summed E-state index contributed by atoms with van der Waals surface area (Å²) in [5.41, 5.74) is 3.82. The first-order valence-electron chi connectivity index (χ1n) is 19.4. The van der Waals surface area contributed by atoms with Crippen LogP contribution < -0.4 is 24.4 Å². The van der Waals surface area contributed by atoms with E-state index in [0.717, 1.165) is 11.1 Å². The Hall–Kier alpha value is -7.52. The van der Waals surface area contributed by atoms with E-state index in [4.69, 9.17) is 48.3 Å². The first-order chi connectivity index (χ1) is 30.5. The lowest BCUT2D eigenvalue weighted by Gasteiger charge is -2.20. The number of ether oxygens (including phenoxy) is 4. The van der Waals surface area contributed by atoms with Gasteiger partial charge in [-0.15, -0.1) is 0 Å². The maximum atomic E-state index is 13.3. The molecule has 13 heteroatoms. The number of hydrogen-bond donors (Lipinski definition) is 1. The van der Waals surface area contributed by atoms with Crippen molar-refractivity contribution in [1.82, 2.24) is 0 Å². The molecule has 2 unspecified atom stereocenters. The molecule has 0 radical (unpaired) electrons. The fraction of sp³-hybridized carbons (Fsp3) is 0.102. The van der Waals surface area contributed by atoms with Gasteiger partial charge in [-0.2, -0.15) is 14.7 Å². The molecule has 0 amide bonds. The lowest BCUT2D eigenvalue weighted by molar-refractivity contribution is -0.419. The van der Waals surface area contributed by atoms with Crippen molar-refractivity contribution >= 4 is 17.6 Å². The molecule has 7 aromatic carbocycles. The zero-order valence-corrected chi connectivity index (χ0v) is 33.2. The molecule has 314 valence electrons. The summed E-state index contributed by atoms with van der Waals surface area (Å²) < 4.78 is 22.9. The van der Waals surface area contributed by atoms with Crippen molar-refractivity contribution in [3.63, 3.8) is 0 Å². The summed E-state index contributed by atoms with van der Waals surface area (Å²) in [5.74, 6) is 0.282. The molecule has 7 rings (SSSR count). The van der Waals surface area contributed by atoms with Crippen molar-refractivity contribution < 1.29 is 57.9 Å². The molecule has 0 aliphatic rings. The smallest absolute Gasteiger partial charge is 0.390 e. The van der Waals surface area contributed by atoms with Crippen molar-refractivity contribution in [1.29, 1.82) is 0 Å². The Bertz CT molecular complexity index is 2390. The van der Waals surface area contributed by atoms with Gasteiger partial charge in [-0.25, -0.2) is 19.4 Å². The minimum atomic E-state index is -1.57. The summed E-state index contributed by atoms with van der Waals surface area (Å²) in [4.78, 5) is 58.5. The van der Waals surface area contributed by atoms with Crippen LogP contribution in [-0.4, -0.2) is 24.8 Å². The van der Waals surface area contributed by atoms with Crippen LogP contribution >= 0.6 is 0 Å². The lowest BCUT2D eigenvalue weighted by atomic mass is 10.1. The van der Waals surface area contributed by atoms with Crippen LogP contribution in [-0.2, 0) is 49.0 Å². The number of carbonyl (C=O) groups is 2. The van der Waals surface area contributed by atoms with E-state index in [-0.39, 0.29) is 25.4 Å². The number of carbonyl (C=O) groups excluding carboxylic acids is 2. The van der Waals surface area contributed by atoms with Crippen molar-refractivity contribution in [2.75, 3.05) is 5.32 Å². The van der Waals surface area contributed by atoms with E-state index in [1.165, 1.54) is 0 Å². The molecule has 7 aromatic rings. The highest BCUT2D eigenvalue weighted by molar-refractivity contribution is 5.91. The predicted octanol–water partition coefficient (Wildman–Crippen LogP) is 10.0. The van der Waals surface area contributed by atoms with Crippen LogP contribution in [0.25, 0.3) is 0 Å². The van der Waals surface area contributed by atoms with Gasteiger partial charge in [0.05, 0.1) is 11.1 Å². The van der Waals surface area contributed by atoms with Crippen LogP contribution in [0.3, 0.4) is 0 Å². The predicted molar refractivity (Wildman–Crippen MR) is 225 cm³/mol. The summed E-state index contributed by atoms with van der Waals surface area (Å²) in [6.45, 7) is -1.23. The van der Waals surface area contributed by atoms with Crippen LogP contribution in [0.4, 0.5) is 5.69 Å². The van der Waals surface area contributed by atoms with E-state index in [1.54, 1.807) is 97.1 Å². The SMILES string of the molecule is O=C(Oc1ccc(OC(Nc2ccccc2)OOCc2ccc(C(=O)OC(OOCc3ccccc3)Oc3ccc(OOCc4ccccc4)cc3)cc2)cc1)c1ccccc1. The summed E-state index contributed by atoms with van der Waals surface area (Å²) in [6.07, 6.45) is -1.08. The topological polar surface area (TPSA) is 138 Å². The Labute approximate surface area is 357 Å². The third-order valence-electron chi connectivity index (χ3n) is 8.61. The Kier molecular flexibility index (Phi) is 15.6. The summed E-state index contributed by atoms with van der Waals surface area (Å²) in [6, 6.07) is 56.4. The molecule has 0 heterocycles. The number of benzene rings is 7. The first kappa shape index (κ1) is 42.6. The van der Waals surface area contributed by atoms with Crippen LogP contribution in [0, 0.1) is 0 Å². The van der Waals surface area contributed by atoms with Crippen molar-refractivity contribution in [3.8, 4) is 23.0 Å². The molecule has 0 fully saturated rings. The van der Waals surface area contributed by atoms with E-state index < -0.39 is 24.8 Å². The van der Waals surface area contributed by atoms with Gasteiger partial charge in [0.2, 0.25) is 0 Å². The standard InChI is InChI=1S/C49H41NO12/c51-46(39-17-9-3-10-18-39)56-42-25-27-43(28-26-42)57-48(50-41-19-11-4-12-20-41)61-54-35-38-21-23-40(24-22-38)47(52)59-49(62-55-34-37-15-7-2-8-16-37)58-44-29-31-45(32-30-44)60-53-33-36-13-5-1-6-14-36/h1-32,48-50H,33-35H2. The third kappa shape index (κ3) is 13.8. The van der Waals surface area contributed by atoms with Crippen LogP contribution in [0.15, 0.2) is 194 Å². The molecule has 0 aliphatic carbocycles. The summed E-state index contributed by atoms with van der Waals surface area (Å²) in [7, 11) is 0. The van der Waals surface area contributed by atoms with Gasteiger partial charge in [-0.3, -0.25) is 0 Å². The molecule has 0 spiro atoms. The fourth-order valence-electron chi connectivity index (χ4n) is 5.47. The van der Waals surface area contributed by atoms with Gasteiger partial charge in [0.25, 0.3) is 0 Å². The molecule has 0 bridgehead atoms. The molecule has 0 saturated heterocycles. The van der Waals surface area contributed by atoms with Gasteiger partial charge in [-0.05, 0) is 102 Å². The second kappa shape index (κ2) is 22.7. The minimum Gasteiger partial charge on any atom is -0.445 e. The fourth-order valence-corrected chi connectivity index (χ4v) is 5.47. The quantitative estimate of drug-likeness (QED) is 0.0228. The van der Waals surface area contributed by atoms with Gasteiger partial charge >= 0.3 is 24.8 Å². The monoisotopic (exact) mass is 835 g/mol. The van der Waals surface area contributed by atoms with Gasteiger partial charge < -0.3 is 29.2 Å². The number of hydrogen-bond acceptors (Lipinski definition) is 13. The number of anilines is 1. The Morgan fingerprint density at radius 1 is 0.419 bits per heavy atom. The largest absolute Gasteiger partial charge is 0.445 e. The van der Waals surface area contributed by atoms with Crippen LogP contribution in [0.2, 0.25) is 0 Å². The van der Waals surface area contributed by atoms with E-state index in [1.807, 2.05) is 97.1 Å². The second-order valence-corrected chi connectivity index (χ2v) is 13.2.